The van der Waals surface area contributed by atoms with Crippen molar-refractivity contribution < 1.29 is 13.6 Å². The highest BCUT2D eigenvalue weighted by atomic mass is 19.2. The molecular formula is C19H12F2N4O. The number of hydrogen-bond acceptors (Lipinski definition) is 4. The summed E-state index contributed by atoms with van der Waals surface area (Å²) in [5, 5.41) is 14.4. The fourth-order valence-corrected chi connectivity index (χ4v) is 2.20. The van der Waals surface area contributed by atoms with Crippen LogP contribution in [0, 0.1) is 23.0 Å². The van der Waals surface area contributed by atoms with Crippen LogP contribution in [0.5, 0.6) is 0 Å². The summed E-state index contributed by atoms with van der Waals surface area (Å²) in [6.07, 6.45) is 1.40. The lowest BCUT2D eigenvalue weighted by molar-refractivity contribution is 0.102. The molecule has 0 aliphatic carbocycles. The first kappa shape index (κ1) is 17.0. The van der Waals surface area contributed by atoms with Crippen LogP contribution in [0.15, 0.2) is 60.8 Å². The molecule has 2 aromatic carbocycles. The number of amides is 1. The highest BCUT2D eigenvalue weighted by molar-refractivity contribution is 6.03. The van der Waals surface area contributed by atoms with E-state index in [1.165, 1.54) is 18.3 Å². The van der Waals surface area contributed by atoms with Gasteiger partial charge in [0.05, 0.1) is 23.5 Å². The van der Waals surface area contributed by atoms with Crippen LogP contribution in [0.3, 0.4) is 0 Å². The molecule has 7 heteroatoms. The summed E-state index contributed by atoms with van der Waals surface area (Å²) in [5.74, 6) is -2.32. The molecule has 26 heavy (non-hydrogen) atoms. The summed E-state index contributed by atoms with van der Waals surface area (Å²) in [6, 6.07) is 15.0. The minimum absolute atomic E-state index is 0.170. The summed E-state index contributed by atoms with van der Waals surface area (Å²) < 4.78 is 26.1. The van der Waals surface area contributed by atoms with Crippen molar-refractivity contribution in [3.63, 3.8) is 0 Å². The van der Waals surface area contributed by atoms with Gasteiger partial charge in [-0.3, -0.25) is 4.79 Å². The minimum atomic E-state index is -0.960. The zero-order chi connectivity index (χ0) is 18.5. The van der Waals surface area contributed by atoms with E-state index < -0.39 is 17.5 Å². The Morgan fingerprint density at radius 1 is 0.962 bits per heavy atom. The van der Waals surface area contributed by atoms with Crippen molar-refractivity contribution in [3.8, 4) is 6.07 Å². The molecule has 5 nitrogen and oxygen atoms in total. The molecule has 0 radical (unpaired) electrons. The minimum Gasteiger partial charge on any atom is -0.354 e. The van der Waals surface area contributed by atoms with Gasteiger partial charge in [0, 0.05) is 17.4 Å². The predicted octanol–water partition coefficient (Wildman–Crippen LogP) is 4.23. The molecular weight excluding hydrogens is 338 g/mol. The molecule has 1 heterocycles. The first-order chi connectivity index (χ1) is 12.5. The van der Waals surface area contributed by atoms with Crippen LogP contribution in [0.2, 0.25) is 0 Å². The van der Waals surface area contributed by atoms with Gasteiger partial charge in [-0.15, -0.1) is 0 Å². The maximum Gasteiger partial charge on any atom is 0.274 e. The number of rotatable bonds is 4. The topological polar surface area (TPSA) is 77.8 Å². The Hall–Kier alpha value is -3.79. The van der Waals surface area contributed by atoms with Gasteiger partial charge in [0.15, 0.2) is 11.6 Å². The number of nitrogens with zero attached hydrogens (tertiary/aromatic N) is 2. The van der Waals surface area contributed by atoms with Gasteiger partial charge in [-0.25, -0.2) is 13.8 Å². The normalized spacial score (nSPS) is 10.0. The number of benzene rings is 2. The lowest BCUT2D eigenvalue weighted by Crippen LogP contribution is -2.13. The molecule has 3 aromatic rings. The molecule has 1 amide bonds. The molecule has 0 aliphatic heterocycles. The zero-order valence-corrected chi connectivity index (χ0v) is 13.3. The van der Waals surface area contributed by atoms with Crippen LogP contribution in [0.1, 0.15) is 16.1 Å². The second kappa shape index (κ2) is 7.40. The Kier molecular flexibility index (Phi) is 4.85. The van der Waals surface area contributed by atoms with Crippen molar-refractivity contribution in [2.45, 2.75) is 0 Å². The molecule has 0 saturated heterocycles. The number of carbonyl (C=O) groups excluding carboxylic acids is 1. The highest BCUT2D eigenvalue weighted by Crippen LogP contribution is 2.19. The van der Waals surface area contributed by atoms with Gasteiger partial charge < -0.3 is 10.6 Å². The quantitative estimate of drug-likeness (QED) is 0.738. The highest BCUT2D eigenvalue weighted by Gasteiger charge is 2.09. The molecule has 3 rings (SSSR count). The van der Waals surface area contributed by atoms with E-state index in [2.05, 4.69) is 15.6 Å². The molecule has 2 N–H and O–H groups in total. The number of pyridine rings is 1. The van der Waals surface area contributed by atoms with Crippen LogP contribution < -0.4 is 10.6 Å². The number of nitrogens with one attached hydrogen (secondary N) is 2. The summed E-state index contributed by atoms with van der Waals surface area (Å²) in [6.45, 7) is 0. The lowest BCUT2D eigenvalue weighted by atomic mass is 10.2. The third-order valence-electron chi connectivity index (χ3n) is 3.45. The van der Waals surface area contributed by atoms with Gasteiger partial charge in [0.25, 0.3) is 5.91 Å². The van der Waals surface area contributed by atoms with Gasteiger partial charge in [-0.05, 0) is 42.5 Å². The van der Waals surface area contributed by atoms with Crippen LogP contribution in [-0.2, 0) is 0 Å². The van der Waals surface area contributed by atoms with Crippen molar-refractivity contribution in [2.75, 3.05) is 10.6 Å². The van der Waals surface area contributed by atoms with E-state index in [0.29, 0.717) is 22.6 Å². The summed E-state index contributed by atoms with van der Waals surface area (Å²) in [4.78, 5) is 16.2. The Morgan fingerprint density at radius 3 is 2.46 bits per heavy atom. The van der Waals surface area contributed by atoms with E-state index in [4.69, 9.17) is 5.26 Å². The SMILES string of the molecule is N#Cc1cccc(NC(=O)c2ccc(Nc3ccc(F)c(F)c3)cn2)c1. The average molecular weight is 350 g/mol. The van der Waals surface area contributed by atoms with Crippen molar-refractivity contribution in [1.82, 2.24) is 4.98 Å². The van der Waals surface area contributed by atoms with E-state index in [0.717, 1.165) is 12.1 Å². The smallest absolute Gasteiger partial charge is 0.274 e. The van der Waals surface area contributed by atoms with E-state index in [1.807, 2.05) is 6.07 Å². The first-order valence-corrected chi connectivity index (χ1v) is 7.55. The lowest BCUT2D eigenvalue weighted by Gasteiger charge is -2.08. The summed E-state index contributed by atoms with van der Waals surface area (Å²) in [5.41, 5.74) is 1.96. The van der Waals surface area contributed by atoms with Gasteiger partial charge in [0.1, 0.15) is 5.69 Å². The molecule has 0 bridgehead atoms. The van der Waals surface area contributed by atoms with E-state index >= 15 is 0 Å². The third-order valence-corrected chi connectivity index (χ3v) is 3.45. The zero-order valence-electron chi connectivity index (χ0n) is 13.3. The van der Waals surface area contributed by atoms with Crippen molar-refractivity contribution in [2.24, 2.45) is 0 Å². The average Bonchev–Trinajstić information content (AvgIpc) is 2.65. The standard InChI is InChI=1S/C19H12F2N4O/c20-16-6-4-14(9-17(16)21)24-15-5-7-18(23-11-15)19(26)25-13-3-1-2-12(8-13)10-22/h1-9,11,24H,(H,25,26). The number of nitriles is 1. The molecule has 0 unspecified atom stereocenters. The molecule has 0 fully saturated rings. The number of aromatic nitrogens is 1. The monoisotopic (exact) mass is 350 g/mol. The van der Waals surface area contributed by atoms with Crippen LogP contribution in [-0.4, -0.2) is 10.9 Å². The molecule has 0 aliphatic rings. The fraction of sp³-hybridized carbons (Fsp3) is 0. The van der Waals surface area contributed by atoms with Crippen LogP contribution >= 0.6 is 0 Å². The van der Waals surface area contributed by atoms with E-state index in [-0.39, 0.29) is 5.69 Å². The Bertz CT molecular complexity index is 997. The Labute approximate surface area is 147 Å². The largest absolute Gasteiger partial charge is 0.354 e. The Morgan fingerprint density at radius 2 is 1.77 bits per heavy atom. The second-order valence-electron chi connectivity index (χ2n) is 5.33. The van der Waals surface area contributed by atoms with E-state index in [9.17, 15) is 13.6 Å². The van der Waals surface area contributed by atoms with Crippen LogP contribution in [0.25, 0.3) is 0 Å². The maximum atomic E-state index is 13.2. The van der Waals surface area contributed by atoms with Crippen molar-refractivity contribution in [3.05, 3.63) is 83.7 Å². The fourth-order valence-electron chi connectivity index (χ4n) is 2.20. The third kappa shape index (κ3) is 3.99. The number of anilines is 3. The van der Waals surface area contributed by atoms with Gasteiger partial charge >= 0.3 is 0 Å². The molecule has 0 saturated carbocycles. The number of halogens is 2. The second-order valence-corrected chi connectivity index (χ2v) is 5.33. The number of hydrogen-bond donors (Lipinski definition) is 2. The predicted molar refractivity (Wildman–Crippen MR) is 93.0 cm³/mol. The van der Waals surface area contributed by atoms with E-state index in [1.54, 1.807) is 30.3 Å². The maximum absolute atomic E-state index is 13.2. The van der Waals surface area contributed by atoms with Gasteiger partial charge in [-0.2, -0.15) is 5.26 Å². The van der Waals surface area contributed by atoms with Crippen LogP contribution in [0.4, 0.5) is 25.8 Å². The van der Waals surface area contributed by atoms with Gasteiger partial charge in [-0.1, -0.05) is 6.07 Å². The van der Waals surface area contributed by atoms with Crippen molar-refractivity contribution in [1.29, 1.82) is 5.26 Å². The molecule has 1 aromatic heterocycles. The summed E-state index contributed by atoms with van der Waals surface area (Å²) >= 11 is 0. The molecule has 0 atom stereocenters. The van der Waals surface area contributed by atoms with Crippen molar-refractivity contribution >= 4 is 23.0 Å². The van der Waals surface area contributed by atoms with Gasteiger partial charge in [0.2, 0.25) is 0 Å². The molecule has 128 valence electrons. The molecule has 0 spiro atoms. The number of carbonyl (C=O) groups is 1. The summed E-state index contributed by atoms with van der Waals surface area (Å²) in [7, 11) is 0. The Balaban J connectivity index is 1.69. The first-order valence-electron chi connectivity index (χ1n) is 7.55.